The van der Waals surface area contributed by atoms with Crippen molar-refractivity contribution < 1.29 is 12.8 Å². The fraction of sp³-hybridized carbons (Fsp3) is 0.600. The Morgan fingerprint density at radius 1 is 1.23 bits per heavy atom. The number of terminal acetylenes is 1. The van der Waals surface area contributed by atoms with Crippen molar-refractivity contribution in [2.45, 2.75) is 75.7 Å². The van der Waals surface area contributed by atoms with E-state index in [1.54, 1.807) is 12.1 Å². The maximum Gasteiger partial charge on any atom is 0.244 e. The molecule has 2 atom stereocenters. The smallest absolute Gasteiger partial charge is 0.244 e. The molecule has 1 aromatic carbocycles. The second-order valence-electron chi connectivity index (χ2n) is 8.60. The minimum absolute atomic E-state index is 0.0459. The molecule has 1 aliphatic heterocycles. The van der Waals surface area contributed by atoms with Gasteiger partial charge in [-0.15, -0.1) is 6.42 Å². The van der Waals surface area contributed by atoms with E-state index in [0.717, 1.165) is 18.4 Å². The Bertz CT molecular complexity index is 773. The van der Waals surface area contributed by atoms with Crippen LogP contribution in [-0.4, -0.2) is 39.7 Å². The van der Waals surface area contributed by atoms with Gasteiger partial charge in [-0.3, -0.25) is 0 Å². The lowest BCUT2D eigenvalue weighted by atomic mass is 10.0. The largest absolute Gasteiger partial charge is 0.411 e. The first-order chi connectivity index (χ1) is 11.9. The fourth-order valence-electron chi connectivity index (χ4n) is 2.92. The molecule has 2 rings (SSSR count). The van der Waals surface area contributed by atoms with Crippen molar-refractivity contribution in [3.63, 3.8) is 0 Å². The van der Waals surface area contributed by atoms with Crippen LogP contribution in [0.15, 0.2) is 29.2 Å². The molecule has 0 N–H and O–H groups in total. The lowest BCUT2D eigenvalue weighted by Gasteiger charge is -2.44. The van der Waals surface area contributed by atoms with Gasteiger partial charge >= 0.3 is 0 Å². The standard InChI is InChI=1S/C20H31NO3SSi/c1-8-18-19(24-26(6,7)20(3,4)5)10-9-15-21(18)25(22,23)17-13-11-16(2)12-14-17/h1,11-14,18-19H,9-10,15H2,2-7H3/t18-,19+/m0/s1. The highest BCUT2D eigenvalue weighted by molar-refractivity contribution is 7.89. The highest BCUT2D eigenvalue weighted by Crippen LogP contribution is 2.39. The van der Waals surface area contributed by atoms with E-state index >= 15 is 0 Å². The van der Waals surface area contributed by atoms with Gasteiger partial charge in [0.25, 0.3) is 0 Å². The van der Waals surface area contributed by atoms with Crippen molar-refractivity contribution in [3.8, 4) is 12.3 Å². The van der Waals surface area contributed by atoms with E-state index in [4.69, 9.17) is 10.8 Å². The molecule has 0 unspecified atom stereocenters. The Morgan fingerprint density at radius 3 is 2.31 bits per heavy atom. The number of benzene rings is 1. The van der Waals surface area contributed by atoms with Crippen LogP contribution in [0, 0.1) is 19.3 Å². The summed E-state index contributed by atoms with van der Waals surface area (Å²) in [6.45, 7) is 13.2. The van der Waals surface area contributed by atoms with Gasteiger partial charge < -0.3 is 4.43 Å². The zero-order valence-electron chi connectivity index (χ0n) is 16.7. The molecule has 1 fully saturated rings. The third kappa shape index (κ3) is 4.23. The average molecular weight is 394 g/mol. The predicted molar refractivity (Wildman–Crippen MR) is 109 cm³/mol. The lowest BCUT2D eigenvalue weighted by Crippen LogP contribution is -2.55. The molecule has 0 spiro atoms. The van der Waals surface area contributed by atoms with Crippen LogP contribution in [0.3, 0.4) is 0 Å². The molecule has 0 aliphatic carbocycles. The van der Waals surface area contributed by atoms with Crippen molar-refractivity contribution in [2.24, 2.45) is 0 Å². The number of aryl methyl sites for hydroxylation is 1. The summed E-state index contributed by atoms with van der Waals surface area (Å²) >= 11 is 0. The van der Waals surface area contributed by atoms with Crippen molar-refractivity contribution in [2.75, 3.05) is 6.54 Å². The normalized spacial score (nSPS) is 22.8. The topological polar surface area (TPSA) is 46.6 Å². The molecule has 0 amide bonds. The number of nitrogens with zero attached hydrogens (tertiary/aromatic N) is 1. The first-order valence-electron chi connectivity index (χ1n) is 9.12. The summed E-state index contributed by atoms with van der Waals surface area (Å²) in [5, 5.41) is 0.0459. The van der Waals surface area contributed by atoms with E-state index in [-0.39, 0.29) is 16.0 Å². The molecule has 1 saturated heterocycles. The quantitative estimate of drug-likeness (QED) is 0.570. The van der Waals surface area contributed by atoms with Gasteiger partial charge in [-0.25, -0.2) is 8.42 Å². The summed E-state index contributed by atoms with van der Waals surface area (Å²) in [6.07, 6.45) is 7.08. The van der Waals surface area contributed by atoms with Gasteiger partial charge in [-0.05, 0) is 50.0 Å². The molecule has 1 aromatic rings. The third-order valence-corrected chi connectivity index (χ3v) is 12.0. The maximum atomic E-state index is 13.2. The highest BCUT2D eigenvalue weighted by atomic mass is 32.2. The Hall–Kier alpha value is -1.13. The van der Waals surface area contributed by atoms with Gasteiger partial charge in [0.15, 0.2) is 8.32 Å². The number of piperidine rings is 1. The van der Waals surface area contributed by atoms with Gasteiger partial charge in [0.05, 0.1) is 11.0 Å². The summed E-state index contributed by atoms with van der Waals surface area (Å²) in [7, 11) is -5.68. The molecule has 26 heavy (non-hydrogen) atoms. The van der Waals surface area contributed by atoms with E-state index in [1.165, 1.54) is 4.31 Å². The van der Waals surface area contributed by atoms with Gasteiger partial charge in [0.1, 0.15) is 6.04 Å². The predicted octanol–water partition coefficient (Wildman–Crippen LogP) is 4.17. The van der Waals surface area contributed by atoms with Crippen molar-refractivity contribution in [3.05, 3.63) is 29.8 Å². The van der Waals surface area contributed by atoms with Gasteiger partial charge in [-0.2, -0.15) is 4.31 Å². The van der Waals surface area contributed by atoms with E-state index in [0.29, 0.717) is 6.54 Å². The van der Waals surface area contributed by atoms with Gasteiger partial charge in [0, 0.05) is 6.54 Å². The second kappa shape index (κ2) is 7.47. The molecule has 0 saturated carbocycles. The molecule has 0 bridgehead atoms. The molecule has 1 heterocycles. The van der Waals surface area contributed by atoms with E-state index in [1.807, 2.05) is 19.1 Å². The summed E-state index contributed by atoms with van der Waals surface area (Å²) in [6, 6.07) is 6.35. The van der Waals surface area contributed by atoms with Crippen LogP contribution in [0.5, 0.6) is 0 Å². The Kier molecular flexibility index (Phi) is 6.08. The first kappa shape index (κ1) is 21.2. The summed E-state index contributed by atoms with van der Waals surface area (Å²) in [4.78, 5) is 0.288. The van der Waals surface area contributed by atoms with E-state index < -0.39 is 24.4 Å². The third-order valence-electron chi connectivity index (χ3n) is 5.58. The van der Waals surface area contributed by atoms with Crippen LogP contribution in [0.2, 0.25) is 18.1 Å². The van der Waals surface area contributed by atoms with Crippen LogP contribution in [0.4, 0.5) is 0 Å². The van der Waals surface area contributed by atoms with Crippen LogP contribution in [0.1, 0.15) is 39.2 Å². The van der Waals surface area contributed by atoms with Crippen LogP contribution < -0.4 is 0 Å². The second-order valence-corrected chi connectivity index (χ2v) is 15.2. The average Bonchev–Trinajstić information content (AvgIpc) is 2.53. The summed E-state index contributed by atoms with van der Waals surface area (Å²) in [5.41, 5.74) is 1.02. The molecule has 0 aromatic heterocycles. The molecule has 6 heteroatoms. The summed E-state index contributed by atoms with van der Waals surface area (Å²) < 4.78 is 34.3. The maximum absolute atomic E-state index is 13.2. The minimum Gasteiger partial charge on any atom is -0.411 e. The SMILES string of the molecule is C#C[C@H]1[C@H](O[Si](C)(C)C(C)(C)C)CCCN1S(=O)(=O)c1ccc(C)cc1. The number of hydrogen-bond donors (Lipinski definition) is 0. The van der Waals surface area contributed by atoms with E-state index in [9.17, 15) is 8.42 Å². The lowest BCUT2D eigenvalue weighted by molar-refractivity contribution is 0.0868. The van der Waals surface area contributed by atoms with Crippen LogP contribution in [0.25, 0.3) is 0 Å². The van der Waals surface area contributed by atoms with E-state index in [2.05, 4.69) is 39.8 Å². The molecule has 0 radical (unpaired) electrons. The number of rotatable bonds is 4. The van der Waals surface area contributed by atoms with Crippen molar-refractivity contribution in [1.82, 2.24) is 4.31 Å². The molecular weight excluding hydrogens is 362 g/mol. The number of hydrogen-bond acceptors (Lipinski definition) is 3. The Labute approximate surface area is 160 Å². The van der Waals surface area contributed by atoms with Gasteiger partial charge in [0.2, 0.25) is 10.0 Å². The zero-order chi connectivity index (χ0) is 19.8. The monoisotopic (exact) mass is 393 g/mol. The Morgan fingerprint density at radius 2 is 1.81 bits per heavy atom. The van der Waals surface area contributed by atoms with Crippen molar-refractivity contribution in [1.29, 1.82) is 0 Å². The molecule has 4 nitrogen and oxygen atoms in total. The van der Waals surface area contributed by atoms with Gasteiger partial charge in [-0.1, -0.05) is 44.4 Å². The highest BCUT2D eigenvalue weighted by Gasteiger charge is 2.44. The summed E-state index contributed by atoms with van der Waals surface area (Å²) in [5.74, 6) is 2.71. The fourth-order valence-corrected chi connectivity index (χ4v) is 5.89. The zero-order valence-corrected chi connectivity index (χ0v) is 18.6. The number of sulfonamides is 1. The minimum atomic E-state index is -3.64. The van der Waals surface area contributed by atoms with Crippen LogP contribution >= 0.6 is 0 Å². The first-order valence-corrected chi connectivity index (χ1v) is 13.5. The Balaban J connectivity index is 2.33. The molecular formula is C20H31NO3SSi. The molecule has 1 aliphatic rings. The van der Waals surface area contributed by atoms with Crippen LogP contribution in [-0.2, 0) is 14.4 Å². The molecule has 144 valence electrons. The van der Waals surface area contributed by atoms with Crippen molar-refractivity contribution >= 4 is 18.3 Å².